The number of benzene rings is 1. The normalized spacial score (nSPS) is 17.8. The average Bonchev–Trinajstić information content (AvgIpc) is 3.58. The minimum absolute atomic E-state index is 0.000718. The van der Waals surface area contributed by atoms with E-state index in [0.29, 0.717) is 18.5 Å². The number of amides is 1. The van der Waals surface area contributed by atoms with Crippen LogP contribution in [0.1, 0.15) is 56.0 Å². The van der Waals surface area contributed by atoms with Crippen LogP contribution in [0, 0.1) is 0 Å². The number of carbonyl (C=O) groups excluding carboxylic acids is 1. The Morgan fingerprint density at radius 1 is 1.31 bits per heavy atom. The zero-order valence-corrected chi connectivity index (χ0v) is 16.0. The summed E-state index contributed by atoms with van der Waals surface area (Å²) < 4.78 is 7.62. The number of hydrogen-bond donors (Lipinski definition) is 1. The number of methoxy groups -OCH3 is 1. The van der Waals surface area contributed by atoms with Crippen molar-refractivity contribution < 1.29 is 9.53 Å². The highest BCUT2D eigenvalue weighted by atomic mass is 32.2. The molecular formula is C19H24N4O2S. The molecule has 26 heavy (non-hydrogen) atoms. The summed E-state index contributed by atoms with van der Waals surface area (Å²) in [4.78, 5) is 12.5. The minimum atomic E-state index is -0.224. The van der Waals surface area contributed by atoms with E-state index < -0.39 is 0 Å². The van der Waals surface area contributed by atoms with Gasteiger partial charge in [0, 0.05) is 24.1 Å². The van der Waals surface area contributed by atoms with E-state index in [1.807, 2.05) is 31.2 Å². The molecule has 138 valence electrons. The topological polar surface area (TPSA) is 69.0 Å². The molecule has 2 aromatic rings. The first-order valence-electron chi connectivity index (χ1n) is 9.18. The van der Waals surface area contributed by atoms with Crippen molar-refractivity contribution in [2.45, 2.75) is 61.5 Å². The molecule has 1 N–H and O–H groups in total. The fourth-order valence-corrected chi connectivity index (χ4v) is 4.00. The fraction of sp³-hybridized carbons (Fsp3) is 0.526. The first kappa shape index (κ1) is 17.4. The standard InChI is InChI=1S/C19H24N4O2S/c1-12(18(24)20-11-14-5-3-4-6-16(14)25-2)26-19-22-21-17(13-7-8-13)23(19)15-9-10-15/h3-6,12-13,15H,7-11H2,1-2H3,(H,20,24)/t12-/m0/s1. The smallest absolute Gasteiger partial charge is 0.233 e. The van der Waals surface area contributed by atoms with Gasteiger partial charge in [0.2, 0.25) is 5.91 Å². The lowest BCUT2D eigenvalue weighted by Gasteiger charge is -2.14. The van der Waals surface area contributed by atoms with E-state index >= 15 is 0 Å². The second-order valence-corrected chi connectivity index (χ2v) is 8.31. The van der Waals surface area contributed by atoms with Crippen LogP contribution in [0.15, 0.2) is 29.4 Å². The average molecular weight is 372 g/mol. The van der Waals surface area contributed by atoms with Gasteiger partial charge in [0.1, 0.15) is 11.6 Å². The zero-order valence-electron chi connectivity index (χ0n) is 15.1. The molecule has 4 rings (SSSR count). The van der Waals surface area contributed by atoms with Crippen molar-refractivity contribution in [3.8, 4) is 5.75 Å². The Morgan fingerprint density at radius 3 is 2.77 bits per heavy atom. The molecule has 2 fully saturated rings. The lowest BCUT2D eigenvalue weighted by atomic mass is 10.2. The van der Waals surface area contributed by atoms with Crippen molar-refractivity contribution >= 4 is 17.7 Å². The van der Waals surface area contributed by atoms with E-state index in [1.165, 1.54) is 37.4 Å². The van der Waals surface area contributed by atoms with E-state index in [2.05, 4.69) is 20.1 Å². The molecule has 1 heterocycles. The molecule has 6 nitrogen and oxygen atoms in total. The number of aromatic nitrogens is 3. The highest BCUT2D eigenvalue weighted by Gasteiger charge is 2.37. The SMILES string of the molecule is COc1ccccc1CNC(=O)[C@H](C)Sc1nnc(C2CC2)n1C1CC1. The fourth-order valence-electron chi connectivity index (χ4n) is 3.05. The Morgan fingerprint density at radius 2 is 2.08 bits per heavy atom. The number of nitrogens with one attached hydrogen (secondary N) is 1. The van der Waals surface area contributed by atoms with Gasteiger partial charge in [0.15, 0.2) is 5.16 Å². The Hall–Kier alpha value is -2.02. The summed E-state index contributed by atoms with van der Waals surface area (Å²) in [6.45, 7) is 2.38. The molecule has 0 unspecified atom stereocenters. The molecule has 0 bridgehead atoms. The van der Waals surface area contributed by atoms with Crippen LogP contribution in [0.2, 0.25) is 0 Å². The van der Waals surface area contributed by atoms with Gasteiger partial charge >= 0.3 is 0 Å². The van der Waals surface area contributed by atoms with Crippen molar-refractivity contribution in [1.82, 2.24) is 20.1 Å². The number of nitrogens with zero attached hydrogens (tertiary/aromatic N) is 3. The van der Waals surface area contributed by atoms with E-state index in [1.54, 1.807) is 7.11 Å². The second-order valence-electron chi connectivity index (χ2n) is 7.01. The third kappa shape index (κ3) is 3.72. The Bertz CT molecular complexity index is 799. The molecule has 0 aliphatic heterocycles. The van der Waals surface area contributed by atoms with Gasteiger partial charge < -0.3 is 14.6 Å². The molecule has 2 aliphatic carbocycles. The van der Waals surface area contributed by atoms with Crippen molar-refractivity contribution in [1.29, 1.82) is 0 Å². The Balaban J connectivity index is 1.39. The molecular weight excluding hydrogens is 348 g/mol. The van der Waals surface area contributed by atoms with Crippen LogP contribution in [0.5, 0.6) is 5.75 Å². The maximum Gasteiger partial charge on any atom is 0.233 e. The highest BCUT2D eigenvalue weighted by Crippen LogP contribution is 2.46. The molecule has 1 aromatic heterocycles. The van der Waals surface area contributed by atoms with Crippen LogP contribution < -0.4 is 10.1 Å². The number of rotatable bonds is 8. The summed E-state index contributed by atoms with van der Waals surface area (Å²) >= 11 is 1.50. The lowest BCUT2D eigenvalue weighted by molar-refractivity contribution is -0.120. The van der Waals surface area contributed by atoms with Crippen molar-refractivity contribution in [2.75, 3.05) is 7.11 Å². The van der Waals surface area contributed by atoms with E-state index in [4.69, 9.17) is 4.74 Å². The first-order chi connectivity index (χ1) is 12.7. The third-order valence-corrected chi connectivity index (χ3v) is 5.90. The largest absolute Gasteiger partial charge is 0.496 e. The number of carbonyl (C=O) groups is 1. The van der Waals surface area contributed by atoms with Gasteiger partial charge in [-0.2, -0.15) is 0 Å². The van der Waals surface area contributed by atoms with Gasteiger partial charge in [-0.3, -0.25) is 4.79 Å². The summed E-state index contributed by atoms with van der Waals surface area (Å²) in [5.74, 6) is 2.48. The van der Waals surface area contributed by atoms with Crippen LogP contribution in [-0.2, 0) is 11.3 Å². The predicted octanol–water partition coefficient (Wildman–Crippen LogP) is 3.30. The van der Waals surface area contributed by atoms with Crippen LogP contribution in [0.4, 0.5) is 0 Å². The lowest BCUT2D eigenvalue weighted by Crippen LogP contribution is -2.30. The molecule has 7 heteroatoms. The van der Waals surface area contributed by atoms with Crippen molar-refractivity contribution in [2.24, 2.45) is 0 Å². The summed E-state index contributed by atoms with van der Waals surface area (Å²) in [5, 5.41) is 12.5. The summed E-state index contributed by atoms with van der Waals surface area (Å²) in [6, 6.07) is 8.26. The van der Waals surface area contributed by atoms with E-state index in [0.717, 1.165) is 22.3 Å². The first-order valence-corrected chi connectivity index (χ1v) is 10.1. The number of thioether (sulfide) groups is 1. The van der Waals surface area contributed by atoms with Crippen LogP contribution in [0.3, 0.4) is 0 Å². The zero-order chi connectivity index (χ0) is 18.1. The predicted molar refractivity (Wildman–Crippen MR) is 100 cm³/mol. The van der Waals surface area contributed by atoms with Crippen molar-refractivity contribution in [3.63, 3.8) is 0 Å². The number of hydrogen-bond acceptors (Lipinski definition) is 5. The summed E-state index contributed by atoms with van der Waals surface area (Å²) in [5.41, 5.74) is 0.970. The van der Waals surface area contributed by atoms with Crippen LogP contribution >= 0.6 is 11.8 Å². The molecule has 1 amide bonds. The maximum atomic E-state index is 12.5. The monoisotopic (exact) mass is 372 g/mol. The van der Waals surface area contributed by atoms with Crippen LogP contribution in [0.25, 0.3) is 0 Å². The van der Waals surface area contributed by atoms with Gasteiger partial charge in [-0.15, -0.1) is 10.2 Å². The quantitative estimate of drug-likeness (QED) is 0.720. The molecule has 2 saturated carbocycles. The Kier molecular flexibility index (Phi) is 4.89. The van der Waals surface area contributed by atoms with Gasteiger partial charge in [-0.05, 0) is 38.7 Å². The third-order valence-electron chi connectivity index (χ3n) is 4.84. The van der Waals surface area contributed by atoms with Gasteiger partial charge in [-0.1, -0.05) is 30.0 Å². The molecule has 0 saturated heterocycles. The number of ether oxygens (including phenoxy) is 1. The summed E-state index contributed by atoms with van der Waals surface area (Å²) in [6.07, 6.45) is 4.81. The molecule has 0 spiro atoms. The van der Waals surface area contributed by atoms with E-state index in [-0.39, 0.29) is 11.2 Å². The summed E-state index contributed by atoms with van der Waals surface area (Å²) in [7, 11) is 1.64. The highest BCUT2D eigenvalue weighted by molar-refractivity contribution is 8.00. The molecule has 1 atom stereocenters. The molecule has 0 radical (unpaired) electrons. The molecule has 1 aromatic carbocycles. The van der Waals surface area contributed by atoms with E-state index in [9.17, 15) is 4.79 Å². The van der Waals surface area contributed by atoms with Gasteiger partial charge in [0.05, 0.1) is 12.4 Å². The Labute approximate surface area is 157 Å². The second kappa shape index (κ2) is 7.31. The number of para-hydroxylation sites is 1. The van der Waals surface area contributed by atoms with Crippen molar-refractivity contribution in [3.05, 3.63) is 35.7 Å². The van der Waals surface area contributed by atoms with Gasteiger partial charge in [-0.25, -0.2) is 0 Å². The van der Waals surface area contributed by atoms with Crippen LogP contribution in [-0.4, -0.2) is 33.0 Å². The molecule has 2 aliphatic rings. The minimum Gasteiger partial charge on any atom is -0.496 e. The van der Waals surface area contributed by atoms with Gasteiger partial charge in [0.25, 0.3) is 0 Å². The maximum absolute atomic E-state index is 12.5.